The van der Waals surface area contributed by atoms with Crippen molar-refractivity contribution in [2.24, 2.45) is 0 Å². The summed E-state index contributed by atoms with van der Waals surface area (Å²) in [5, 5.41) is 7.66. The van der Waals surface area contributed by atoms with Crippen LogP contribution in [-0.4, -0.2) is 24.3 Å². The van der Waals surface area contributed by atoms with Crippen LogP contribution in [0, 0.1) is 13.8 Å². The number of carbonyl (C=O) groups is 1. The summed E-state index contributed by atoms with van der Waals surface area (Å²) < 4.78 is 19.5. The zero-order chi connectivity index (χ0) is 28.2. The van der Waals surface area contributed by atoms with Gasteiger partial charge in [0.05, 0.1) is 17.2 Å². The Morgan fingerprint density at radius 3 is 2.44 bits per heavy atom. The number of hydrogen-bond donors (Lipinski definition) is 2. The molecule has 41 heavy (non-hydrogen) atoms. The highest BCUT2D eigenvalue weighted by atomic mass is 16.6. The molecule has 3 aliphatic rings. The number of ether oxygens (including phenoxy) is 3. The lowest BCUT2D eigenvalue weighted by Crippen LogP contribution is -2.52. The SMILES string of the molecule is CCC(Nc1cccc2c1C1(OC(=O)c3ccccc31)c1ccccc1O2)C1(Nc2ccc(C)cc2C)CCCO1. The van der Waals surface area contributed by atoms with Gasteiger partial charge in [-0.2, -0.15) is 0 Å². The van der Waals surface area contributed by atoms with Crippen LogP contribution in [0.15, 0.2) is 84.9 Å². The molecule has 0 aliphatic carbocycles. The molecule has 6 heteroatoms. The molecule has 7 rings (SSSR count). The molecule has 3 heterocycles. The Kier molecular flexibility index (Phi) is 6.05. The summed E-state index contributed by atoms with van der Waals surface area (Å²) in [6.07, 6.45) is 2.64. The molecule has 1 saturated heterocycles. The van der Waals surface area contributed by atoms with E-state index in [1.54, 1.807) is 0 Å². The molecule has 3 atom stereocenters. The Morgan fingerprint density at radius 2 is 1.66 bits per heavy atom. The molecule has 4 aromatic carbocycles. The number of para-hydroxylation sites is 1. The minimum absolute atomic E-state index is 0.0845. The molecule has 0 saturated carbocycles. The van der Waals surface area contributed by atoms with Crippen LogP contribution in [-0.2, 0) is 15.1 Å². The third-order valence-electron chi connectivity index (χ3n) is 8.72. The van der Waals surface area contributed by atoms with Crippen molar-refractivity contribution in [1.29, 1.82) is 0 Å². The standard InChI is InChI=1S/C35H34N2O4/c1-4-31(34(19-10-20-39-34)37-27-18-17-22(2)21-23(27)3)36-28-14-9-16-30-32(28)35(26-13-7-8-15-29(26)40-30)25-12-6-5-11-24(25)33(38)41-35/h5-9,11-18,21,31,36-37H,4,10,19-20H2,1-3H3. The summed E-state index contributed by atoms with van der Waals surface area (Å²) in [5.74, 6) is 1.01. The van der Waals surface area contributed by atoms with Gasteiger partial charge in [0.1, 0.15) is 11.5 Å². The van der Waals surface area contributed by atoms with Gasteiger partial charge in [-0.3, -0.25) is 0 Å². The molecule has 208 valence electrons. The predicted octanol–water partition coefficient (Wildman–Crippen LogP) is 7.68. The largest absolute Gasteiger partial charge is 0.456 e. The van der Waals surface area contributed by atoms with Crippen LogP contribution in [0.25, 0.3) is 0 Å². The Hall–Kier alpha value is -4.29. The van der Waals surface area contributed by atoms with Crippen LogP contribution in [0.3, 0.4) is 0 Å². The highest BCUT2D eigenvalue weighted by Gasteiger charge is 2.55. The van der Waals surface area contributed by atoms with E-state index in [4.69, 9.17) is 14.2 Å². The molecule has 0 aromatic heterocycles. The van der Waals surface area contributed by atoms with Crippen molar-refractivity contribution in [1.82, 2.24) is 0 Å². The number of nitrogens with one attached hydrogen (secondary N) is 2. The second kappa shape index (κ2) is 9.67. The fraction of sp³-hybridized carbons (Fsp3) is 0.286. The molecule has 0 radical (unpaired) electrons. The summed E-state index contributed by atoms with van der Waals surface area (Å²) in [6.45, 7) is 7.10. The molecular formula is C35H34N2O4. The minimum Gasteiger partial charge on any atom is -0.456 e. The van der Waals surface area contributed by atoms with E-state index < -0.39 is 11.3 Å². The average molecular weight is 547 g/mol. The highest BCUT2D eigenvalue weighted by molar-refractivity contribution is 5.97. The maximum Gasteiger partial charge on any atom is 0.340 e. The van der Waals surface area contributed by atoms with Gasteiger partial charge in [-0.15, -0.1) is 0 Å². The molecule has 0 amide bonds. The van der Waals surface area contributed by atoms with Gasteiger partial charge in [-0.25, -0.2) is 4.79 Å². The lowest BCUT2D eigenvalue weighted by atomic mass is 9.77. The maximum atomic E-state index is 13.4. The van der Waals surface area contributed by atoms with Crippen LogP contribution in [0.2, 0.25) is 0 Å². The Bertz CT molecular complexity index is 1660. The Morgan fingerprint density at radius 1 is 0.878 bits per heavy atom. The van der Waals surface area contributed by atoms with Crippen LogP contribution in [0.4, 0.5) is 11.4 Å². The summed E-state index contributed by atoms with van der Waals surface area (Å²) in [7, 11) is 0. The number of rotatable bonds is 6. The van der Waals surface area contributed by atoms with Gasteiger partial charge >= 0.3 is 5.97 Å². The van der Waals surface area contributed by atoms with Gasteiger partial charge in [-0.1, -0.05) is 67.1 Å². The van der Waals surface area contributed by atoms with Crippen molar-refractivity contribution < 1.29 is 19.0 Å². The van der Waals surface area contributed by atoms with Crippen LogP contribution < -0.4 is 15.4 Å². The average Bonchev–Trinajstić information content (AvgIpc) is 3.57. The molecule has 4 aromatic rings. The maximum absolute atomic E-state index is 13.4. The minimum atomic E-state index is -1.13. The van der Waals surface area contributed by atoms with Crippen LogP contribution in [0.5, 0.6) is 11.5 Å². The third-order valence-corrected chi connectivity index (χ3v) is 8.72. The molecule has 1 fully saturated rings. The van der Waals surface area contributed by atoms with Gasteiger partial charge in [0.15, 0.2) is 11.3 Å². The lowest BCUT2D eigenvalue weighted by Gasteiger charge is -2.42. The van der Waals surface area contributed by atoms with Crippen molar-refractivity contribution in [2.75, 3.05) is 17.2 Å². The zero-order valence-corrected chi connectivity index (χ0v) is 23.6. The lowest BCUT2D eigenvalue weighted by molar-refractivity contribution is 0.0110. The number of aryl methyl sites for hydroxylation is 2. The van der Waals surface area contributed by atoms with Crippen molar-refractivity contribution in [3.05, 3.63) is 118 Å². The number of carbonyl (C=O) groups excluding carboxylic acids is 1. The number of fused-ring (bicyclic) bond motifs is 6. The molecule has 2 N–H and O–H groups in total. The van der Waals surface area contributed by atoms with Crippen LogP contribution in [0.1, 0.15) is 64.4 Å². The van der Waals surface area contributed by atoms with Gasteiger partial charge in [-0.05, 0) is 69.0 Å². The molecule has 0 bridgehead atoms. The quantitative estimate of drug-likeness (QED) is 0.242. The van der Waals surface area contributed by atoms with E-state index in [1.165, 1.54) is 11.1 Å². The van der Waals surface area contributed by atoms with E-state index in [0.717, 1.165) is 47.3 Å². The molecule has 3 aliphatic heterocycles. The first-order valence-electron chi connectivity index (χ1n) is 14.4. The summed E-state index contributed by atoms with van der Waals surface area (Å²) >= 11 is 0. The molecular weight excluding hydrogens is 512 g/mol. The number of benzene rings is 4. The first kappa shape index (κ1) is 25.7. The first-order valence-corrected chi connectivity index (χ1v) is 14.4. The third kappa shape index (κ3) is 3.92. The number of esters is 1. The summed E-state index contributed by atoms with van der Waals surface area (Å²) in [6, 6.07) is 27.8. The van der Waals surface area contributed by atoms with Crippen molar-refractivity contribution in [3.8, 4) is 11.5 Å². The first-order chi connectivity index (χ1) is 19.9. The topological polar surface area (TPSA) is 68.8 Å². The van der Waals surface area contributed by atoms with E-state index in [2.05, 4.69) is 55.7 Å². The normalized spacial score (nSPS) is 22.8. The molecule has 3 unspecified atom stereocenters. The van der Waals surface area contributed by atoms with Crippen molar-refractivity contribution >= 4 is 17.3 Å². The predicted molar refractivity (Wildman–Crippen MR) is 160 cm³/mol. The van der Waals surface area contributed by atoms with Gasteiger partial charge in [0.25, 0.3) is 0 Å². The fourth-order valence-electron chi connectivity index (χ4n) is 6.84. The van der Waals surface area contributed by atoms with Gasteiger partial charge in [0.2, 0.25) is 0 Å². The number of hydrogen-bond acceptors (Lipinski definition) is 6. The van der Waals surface area contributed by atoms with Crippen molar-refractivity contribution in [2.45, 2.75) is 57.4 Å². The highest BCUT2D eigenvalue weighted by Crippen LogP contribution is 2.58. The van der Waals surface area contributed by atoms with Crippen LogP contribution >= 0.6 is 0 Å². The monoisotopic (exact) mass is 546 g/mol. The Labute approximate surface area is 240 Å². The fourth-order valence-corrected chi connectivity index (χ4v) is 6.84. The molecule has 6 nitrogen and oxygen atoms in total. The van der Waals surface area contributed by atoms with Crippen molar-refractivity contribution in [3.63, 3.8) is 0 Å². The van der Waals surface area contributed by atoms with E-state index in [1.807, 2.05) is 60.7 Å². The van der Waals surface area contributed by atoms with E-state index >= 15 is 0 Å². The second-order valence-corrected chi connectivity index (χ2v) is 11.3. The summed E-state index contributed by atoms with van der Waals surface area (Å²) in [5.41, 5.74) is 5.60. The Balaban J connectivity index is 1.36. The van der Waals surface area contributed by atoms with E-state index in [-0.39, 0.29) is 12.0 Å². The van der Waals surface area contributed by atoms with E-state index in [0.29, 0.717) is 23.7 Å². The zero-order valence-electron chi connectivity index (χ0n) is 23.6. The molecule has 1 spiro atoms. The number of anilines is 2. The smallest absolute Gasteiger partial charge is 0.340 e. The summed E-state index contributed by atoms with van der Waals surface area (Å²) in [4.78, 5) is 13.4. The van der Waals surface area contributed by atoms with Gasteiger partial charge < -0.3 is 24.8 Å². The second-order valence-electron chi connectivity index (χ2n) is 11.3. The van der Waals surface area contributed by atoms with E-state index in [9.17, 15) is 4.79 Å². The van der Waals surface area contributed by atoms with Gasteiger partial charge in [0, 0.05) is 29.1 Å².